The third-order valence-corrected chi connectivity index (χ3v) is 2.75. The molecule has 2 aromatic rings. The summed E-state index contributed by atoms with van der Waals surface area (Å²) in [5.74, 6) is 2.40. The van der Waals surface area contributed by atoms with Crippen LogP contribution < -0.4 is 9.47 Å². The molecule has 0 saturated carbocycles. The zero-order valence-electron chi connectivity index (χ0n) is 11.6. The van der Waals surface area contributed by atoms with E-state index in [2.05, 4.69) is 16.9 Å². The van der Waals surface area contributed by atoms with Crippen molar-refractivity contribution in [3.63, 3.8) is 0 Å². The second-order valence-electron chi connectivity index (χ2n) is 4.20. The van der Waals surface area contributed by atoms with Crippen molar-refractivity contribution in [3.05, 3.63) is 41.3 Å². The van der Waals surface area contributed by atoms with E-state index in [-0.39, 0.29) is 0 Å². The molecule has 4 nitrogen and oxygen atoms in total. The normalized spacial score (nSPS) is 10.3. The Balaban J connectivity index is 2.23. The zero-order chi connectivity index (χ0) is 14.4. The topological polar surface area (TPSA) is 44.2 Å². The number of halogens is 1. The van der Waals surface area contributed by atoms with Gasteiger partial charge < -0.3 is 9.47 Å². The average Bonchev–Trinajstić information content (AvgIpc) is 2.45. The van der Waals surface area contributed by atoms with Gasteiger partial charge in [-0.05, 0) is 18.6 Å². The summed E-state index contributed by atoms with van der Waals surface area (Å²) in [4.78, 5) is 8.40. The van der Waals surface area contributed by atoms with Gasteiger partial charge in [0.15, 0.2) is 11.5 Å². The number of benzene rings is 1. The molecule has 106 valence electrons. The Morgan fingerprint density at radius 1 is 1.10 bits per heavy atom. The van der Waals surface area contributed by atoms with Gasteiger partial charge in [0.1, 0.15) is 11.0 Å². The number of aromatic nitrogens is 2. The third-order valence-electron chi connectivity index (χ3n) is 2.56. The van der Waals surface area contributed by atoms with Crippen molar-refractivity contribution in [1.82, 2.24) is 9.97 Å². The Bertz CT molecular complexity index is 576. The fourth-order valence-corrected chi connectivity index (χ4v) is 1.82. The van der Waals surface area contributed by atoms with E-state index in [0.717, 1.165) is 6.42 Å². The Morgan fingerprint density at radius 3 is 2.55 bits per heavy atom. The Hall–Kier alpha value is -1.81. The number of aryl methyl sites for hydroxylation is 1. The molecule has 0 atom stereocenters. The van der Waals surface area contributed by atoms with Crippen molar-refractivity contribution in [1.29, 1.82) is 0 Å². The highest BCUT2D eigenvalue weighted by atomic mass is 35.5. The maximum absolute atomic E-state index is 5.96. The number of para-hydroxylation sites is 2. The zero-order valence-corrected chi connectivity index (χ0v) is 12.4. The lowest BCUT2D eigenvalue weighted by atomic mass is 10.3. The minimum atomic E-state index is 0.374. The molecule has 20 heavy (non-hydrogen) atoms. The molecule has 0 aliphatic heterocycles. The Labute approximate surface area is 123 Å². The highest BCUT2D eigenvalue weighted by molar-refractivity contribution is 6.29. The molecule has 0 amide bonds. The predicted octanol–water partition coefficient (Wildman–Crippen LogP) is 4.27. The Kier molecular flexibility index (Phi) is 5.18. The SMILES string of the molecule is CCCOc1ccccc1Oc1cc(Cl)nc(CC)n1. The quantitative estimate of drug-likeness (QED) is 0.746. The van der Waals surface area contributed by atoms with E-state index in [1.54, 1.807) is 6.07 Å². The standard InChI is InChI=1S/C15H17ClN2O2/c1-3-9-19-11-7-5-6-8-12(11)20-15-10-13(16)17-14(4-2)18-15/h5-8,10H,3-4,9H2,1-2H3. The molecule has 0 bridgehead atoms. The smallest absolute Gasteiger partial charge is 0.224 e. The summed E-state index contributed by atoms with van der Waals surface area (Å²) in [6, 6.07) is 9.10. The van der Waals surface area contributed by atoms with E-state index >= 15 is 0 Å². The molecule has 0 radical (unpaired) electrons. The van der Waals surface area contributed by atoms with Gasteiger partial charge in [-0.25, -0.2) is 4.98 Å². The van der Waals surface area contributed by atoms with Crippen LogP contribution in [0, 0.1) is 0 Å². The van der Waals surface area contributed by atoms with Crippen LogP contribution in [-0.4, -0.2) is 16.6 Å². The highest BCUT2D eigenvalue weighted by Crippen LogP contribution is 2.31. The van der Waals surface area contributed by atoms with E-state index in [9.17, 15) is 0 Å². The summed E-state index contributed by atoms with van der Waals surface area (Å²) in [5, 5.41) is 0.374. The first-order valence-electron chi connectivity index (χ1n) is 6.66. The number of ether oxygens (including phenoxy) is 2. The lowest BCUT2D eigenvalue weighted by Crippen LogP contribution is -1.99. The highest BCUT2D eigenvalue weighted by Gasteiger charge is 2.08. The van der Waals surface area contributed by atoms with Crippen molar-refractivity contribution < 1.29 is 9.47 Å². The molecule has 0 aliphatic carbocycles. The van der Waals surface area contributed by atoms with Gasteiger partial charge in [0.2, 0.25) is 5.88 Å². The molecule has 0 unspecified atom stereocenters. The van der Waals surface area contributed by atoms with Crippen LogP contribution in [0.25, 0.3) is 0 Å². The summed E-state index contributed by atoms with van der Waals surface area (Å²) in [5.41, 5.74) is 0. The molecule has 0 N–H and O–H groups in total. The van der Waals surface area contributed by atoms with Crippen molar-refractivity contribution in [2.45, 2.75) is 26.7 Å². The van der Waals surface area contributed by atoms with Gasteiger partial charge in [-0.3, -0.25) is 0 Å². The van der Waals surface area contributed by atoms with Gasteiger partial charge in [-0.15, -0.1) is 0 Å². The molecule has 1 aromatic carbocycles. The summed E-state index contributed by atoms with van der Waals surface area (Å²) in [6.07, 6.45) is 1.64. The first kappa shape index (κ1) is 14.6. The van der Waals surface area contributed by atoms with E-state index in [1.165, 1.54) is 0 Å². The van der Waals surface area contributed by atoms with Gasteiger partial charge in [0.25, 0.3) is 0 Å². The third kappa shape index (κ3) is 3.84. The molecular weight excluding hydrogens is 276 g/mol. The van der Waals surface area contributed by atoms with Crippen LogP contribution in [0.5, 0.6) is 17.4 Å². The number of rotatable bonds is 6. The van der Waals surface area contributed by atoms with Crippen molar-refractivity contribution in [2.24, 2.45) is 0 Å². The first-order chi connectivity index (χ1) is 9.72. The van der Waals surface area contributed by atoms with Crippen LogP contribution in [0.1, 0.15) is 26.1 Å². The Morgan fingerprint density at radius 2 is 1.85 bits per heavy atom. The molecule has 0 saturated heterocycles. The van der Waals surface area contributed by atoms with Crippen molar-refractivity contribution in [2.75, 3.05) is 6.61 Å². The largest absolute Gasteiger partial charge is 0.490 e. The minimum absolute atomic E-state index is 0.374. The predicted molar refractivity (Wildman–Crippen MR) is 78.7 cm³/mol. The molecule has 0 fully saturated rings. The maximum Gasteiger partial charge on any atom is 0.224 e. The fraction of sp³-hybridized carbons (Fsp3) is 0.333. The molecule has 2 rings (SSSR count). The fourth-order valence-electron chi connectivity index (χ4n) is 1.63. The summed E-state index contributed by atoms with van der Waals surface area (Å²) < 4.78 is 11.4. The van der Waals surface area contributed by atoms with Gasteiger partial charge in [-0.2, -0.15) is 4.98 Å². The van der Waals surface area contributed by atoms with Gasteiger partial charge in [0, 0.05) is 12.5 Å². The summed E-state index contributed by atoms with van der Waals surface area (Å²) in [7, 11) is 0. The van der Waals surface area contributed by atoms with E-state index in [1.807, 2.05) is 31.2 Å². The molecular formula is C15H17ClN2O2. The minimum Gasteiger partial charge on any atom is -0.490 e. The summed E-state index contributed by atoms with van der Waals surface area (Å²) in [6.45, 7) is 4.67. The molecule has 1 heterocycles. The molecule has 0 spiro atoms. The molecule has 5 heteroatoms. The van der Waals surface area contributed by atoms with Crippen LogP contribution in [0.15, 0.2) is 30.3 Å². The van der Waals surface area contributed by atoms with Crippen molar-refractivity contribution >= 4 is 11.6 Å². The van der Waals surface area contributed by atoms with Gasteiger partial charge in [0.05, 0.1) is 6.61 Å². The van der Waals surface area contributed by atoms with Crippen LogP contribution in [0.4, 0.5) is 0 Å². The maximum atomic E-state index is 5.96. The monoisotopic (exact) mass is 292 g/mol. The van der Waals surface area contributed by atoms with E-state index in [4.69, 9.17) is 21.1 Å². The second kappa shape index (κ2) is 7.10. The lowest BCUT2D eigenvalue weighted by molar-refractivity contribution is 0.300. The second-order valence-corrected chi connectivity index (χ2v) is 4.58. The summed E-state index contributed by atoms with van der Waals surface area (Å²) >= 11 is 5.96. The van der Waals surface area contributed by atoms with Crippen LogP contribution in [0.2, 0.25) is 5.15 Å². The van der Waals surface area contributed by atoms with Crippen LogP contribution in [0.3, 0.4) is 0 Å². The first-order valence-corrected chi connectivity index (χ1v) is 7.03. The van der Waals surface area contributed by atoms with Crippen LogP contribution in [-0.2, 0) is 6.42 Å². The lowest BCUT2D eigenvalue weighted by Gasteiger charge is -2.11. The van der Waals surface area contributed by atoms with Crippen LogP contribution >= 0.6 is 11.6 Å². The molecule has 0 aliphatic rings. The number of nitrogens with zero attached hydrogens (tertiary/aromatic N) is 2. The number of hydrogen-bond acceptors (Lipinski definition) is 4. The van der Waals surface area contributed by atoms with Gasteiger partial charge >= 0.3 is 0 Å². The van der Waals surface area contributed by atoms with Gasteiger partial charge in [-0.1, -0.05) is 37.6 Å². The van der Waals surface area contributed by atoms with Crippen molar-refractivity contribution in [3.8, 4) is 17.4 Å². The van der Waals surface area contributed by atoms with E-state index < -0.39 is 0 Å². The average molecular weight is 293 g/mol. The van der Waals surface area contributed by atoms with E-state index in [0.29, 0.717) is 41.4 Å². The molecule has 1 aromatic heterocycles. The number of hydrogen-bond donors (Lipinski definition) is 0.